The molecule has 0 fully saturated rings. The van der Waals surface area contributed by atoms with E-state index in [9.17, 15) is 0 Å². The standard InChI is InChI=1S/C25H22P.IO3/c1-5-13-22(14-6-1)21-26(23-15-7-2-8-16-23,24-17-9-3-10-18-24)25-19-11-4-12-20-25;2-1(3)4/h1-20H,21H2;/q+1;-1. The van der Waals surface area contributed by atoms with Crippen LogP contribution in [0, 0.1) is 0 Å². The number of rotatable bonds is 5. The lowest BCUT2D eigenvalue weighted by Gasteiger charge is -2.27. The SMILES string of the molecule is [O-][I+2]([O-])[O-].c1ccc(C[P+](c2ccccc2)(c2ccccc2)c2ccccc2)cc1. The van der Waals surface area contributed by atoms with Crippen molar-refractivity contribution in [3.05, 3.63) is 127 Å². The maximum absolute atomic E-state index is 8.57. The highest BCUT2D eigenvalue weighted by Crippen LogP contribution is 2.58. The van der Waals surface area contributed by atoms with E-state index in [-0.39, 0.29) is 0 Å². The smallest absolute Gasteiger partial charge is 0.282 e. The van der Waals surface area contributed by atoms with Crippen LogP contribution in [-0.2, 0) is 6.16 Å². The topological polar surface area (TPSA) is 69.2 Å². The first kappa shape index (κ1) is 22.6. The van der Waals surface area contributed by atoms with E-state index >= 15 is 0 Å². The minimum Gasteiger partial charge on any atom is -0.427 e. The fourth-order valence-corrected chi connectivity index (χ4v) is 7.87. The second-order valence-electron chi connectivity index (χ2n) is 6.65. The van der Waals surface area contributed by atoms with Gasteiger partial charge in [0.05, 0.1) is 6.16 Å². The molecular formula is C25H22IO3P. The largest absolute Gasteiger partial charge is 0.427 e. The third kappa shape index (κ3) is 5.75. The highest BCUT2D eigenvalue weighted by Gasteiger charge is 2.45. The van der Waals surface area contributed by atoms with Gasteiger partial charge in [-0.05, 0) is 42.0 Å². The van der Waals surface area contributed by atoms with Gasteiger partial charge in [-0.25, -0.2) is 0 Å². The van der Waals surface area contributed by atoms with Crippen molar-refractivity contribution >= 4 is 23.2 Å². The van der Waals surface area contributed by atoms with E-state index in [4.69, 9.17) is 10.3 Å². The van der Waals surface area contributed by atoms with E-state index in [1.54, 1.807) is 0 Å². The maximum atomic E-state index is 8.57. The van der Waals surface area contributed by atoms with Crippen LogP contribution in [0.4, 0.5) is 0 Å². The van der Waals surface area contributed by atoms with Crippen molar-refractivity contribution in [2.75, 3.05) is 0 Å². The van der Waals surface area contributed by atoms with Crippen LogP contribution in [0.2, 0.25) is 0 Å². The first-order chi connectivity index (χ1) is 14.6. The Balaban J connectivity index is 0.000000589. The van der Waals surface area contributed by atoms with Crippen LogP contribution < -0.4 is 47.3 Å². The first-order valence-electron chi connectivity index (χ1n) is 9.45. The number of benzene rings is 4. The van der Waals surface area contributed by atoms with Crippen molar-refractivity contribution < 1.29 is 31.4 Å². The van der Waals surface area contributed by atoms with Gasteiger partial charge in [-0.1, -0.05) is 84.9 Å². The predicted molar refractivity (Wildman–Crippen MR) is 115 cm³/mol. The van der Waals surface area contributed by atoms with Crippen molar-refractivity contribution in [1.29, 1.82) is 0 Å². The van der Waals surface area contributed by atoms with Gasteiger partial charge in [0.15, 0.2) is 0 Å². The number of hydrogen-bond acceptors (Lipinski definition) is 3. The van der Waals surface area contributed by atoms with E-state index < -0.39 is 28.3 Å². The summed E-state index contributed by atoms with van der Waals surface area (Å²) in [4.78, 5) is 0. The van der Waals surface area contributed by atoms with E-state index in [0.717, 1.165) is 6.16 Å². The Labute approximate surface area is 187 Å². The lowest BCUT2D eigenvalue weighted by atomic mass is 10.2. The van der Waals surface area contributed by atoms with Crippen LogP contribution in [-0.4, -0.2) is 0 Å². The van der Waals surface area contributed by atoms with Crippen molar-refractivity contribution in [3.8, 4) is 0 Å². The van der Waals surface area contributed by atoms with Gasteiger partial charge >= 0.3 is 0 Å². The molecule has 0 aliphatic heterocycles. The van der Waals surface area contributed by atoms with Gasteiger partial charge in [-0.3, -0.25) is 0 Å². The predicted octanol–water partition coefficient (Wildman–Crippen LogP) is -1.38. The lowest BCUT2D eigenvalue weighted by Crippen LogP contribution is -4.05. The second-order valence-corrected chi connectivity index (χ2v) is 11.2. The first-order valence-corrected chi connectivity index (χ1v) is 14.1. The highest BCUT2D eigenvalue weighted by atomic mass is 127. The van der Waals surface area contributed by atoms with E-state index in [1.807, 2.05) is 0 Å². The zero-order valence-electron chi connectivity index (χ0n) is 16.3. The second kappa shape index (κ2) is 11.3. The summed E-state index contributed by atoms with van der Waals surface area (Å²) in [5, 5.41) is 4.30. The van der Waals surface area contributed by atoms with E-state index in [2.05, 4.69) is 121 Å². The molecule has 0 bridgehead atoms. The molecule has 0 radical (unpaired) electrons. The summed E-state index contributed by atoms with van der Waals surface area (Å²) in [6, 6.07) is 44.0. The Kier molecular flexibility index (Phi) is 8.55. The van der Waals surface area contributed by atoms with Crippen LogP contribution in [0.25, 0.3) is 0 Å². The Bertz CT molecular complexity index is 898. The molecule has 0 atom stereocenters. The van der Waals surface area contributed by atoms with Crippen molar-refractivity contribution in [3.63, 3.8) is 0 Å². The summed E-state index contributed by atoms with van der Waals surface area (Å²) < 4.78 is 25.7. The van der Waals surface area contributed by atoms with E-state index in [1.165, 1.54) is 21.5 Å². The van der Waals surface area contributed by atoms with Crippen molar-refractivity contribution in [2.45, 2.75) is 6.16 Å². The van der Waals surface area contributed by atoms with Crippen LogP contribution >= 0.6 is 7.26 Å². The molecule has 0 aliphatic rings. The summed E-state index contributed by atoms with van der Waals surface area (Å²) in [5.74, 6) is 0. The van der Waals surface area contributed by atoms with Crippen molar-refractivity contribution in [2.24, 2.45) is 0 Å². The summed E-state index contributed by atoms with van der Waals surface area (Å²) in [6.45, 7) is 0. The van der Waals surface area contributed by atoms with Crippen molar-refractivity contribution in [1.82, 2.24) is 0 Å². The van der Waals surface area contributed by atoms with Gasteiger partial charge in [0.2, 0.25) is 0 Å². The molecule has 5 heteroatoms. The zero-order chi connectivity index (χ0) is 21.2. The van der Waals surface area contributed by atoms with Gasteiger partial charge in [0, 0.05) is 0 Å². The van der Waals surface area contributed by atoms with Gasteiger partial charge in [-0.2, -0.15) is 0 Å². The van der Waals surface area contributed by atoms with Crippen LogP contribution in [0.3, 0.4) is 0 Å². The molecule has 0 spiro atoms. The Morgan fingerprint density at radius 3 is 1.03 bits per heavy atom. The summed E-state index contributed by atoms with van der Waals surface area (Å²) >= 11 is -4.01. The van der Waals surface area contributed by atoms with Gasteiger partial charge in [0.1, 0.15) is 23.2 Å². The Morgan fingerprint density at radius 1 is 0.467 bits per heavy atom. The molecule has 3 nitrogen and oxygen atoms in total. The van der Waals surface area contributed by atoms with Gasteiger partial charge in [0.25, 0.3) is 21.1 Å². The van der Waals surface area contributed by atoms with Gasteiger partial charge in [-0.15, -0.1) is 0 Å². The fourth-order valence-electron chi connectivity index (χ4n) is 3.63. The summed E-state index contributed by atoms with van der Waals surface area (Å²) in [6.07, 6.45) is 1.03. The molecular weight excluding hydrogens is 506 g/mol. The quantitative estimate of drug-likeness (QED) is 0.237. The lowest BCUT2D eigenvalue weighted by molar-refractivity contribution is -1.73. The molecule has 0 N–H and O–H groups in total. The normalized spacial score (nSPS) is 10.9. The molecule has 0 aromatic heterocycles. The van der Waals surface area contributed by atoms with Crippen LogP contribution in [0.1, 0.15) is 5.56 Å². The van der Waals surface area contributed by atoms with E-state index in [0.29, 0.717) is 0 Å². The Hall–Kier alpha value is -2.08. The average molecular weight is 528 g/mol. The molecule has 4 aromatic carbocycles. The molecule has 0 saturated carbocycles. The molecule has 0 unspecified atom stereocenters. The monoisotopic (exact) mass is 528 g/mol. The maximum Gasteiger partial charge on any atom is 0.282 e. The molecule has 0 amide bonds. The molecule has 0 aliphatic carbocycles. The molecule has 0 heterocycles. The number of halogens is 1. The molecule has 4 rings (SSSR count). The number of hydrogen-bond donors (Lipinski definition) is 0. The van der Waals surface area contributed by atoms with Gasteiger partial charge < -0.3 is 10.3 Å². The minimum absolute atomic E-state index is 1.03. The summed E-state index contributed by atoms with van der Waals surface area (Å²) in [7, 11) is -1.78. The molecule has 30 heavy (non-hydrogen) atoms. The summed E-state index contributed by atoms with van der Waals surface area (Å²) in [5.41, 5.74) is 1.39. The van der Waals surface area contributed by atoms with Crippen LogP contribution in [0.5, 0.6) is 0 Å². The molecule has 4 aromatic rings. The third-order valence-electron chi connectivity index (χ3n) is 4.85. The molecule has 152 valence electrons. The van der Waals surface area contributed by atoms with Crippen LogP contribution in [0.15, 0.2) is 121 Å². The fraction of sp³-hybridized carbons (Fsp3) is 0.0400. The average Bonchev–Trinajstić information content (AvgIpc) is 2.80. The minimum atomic E-state index is -4.01. The zero-order valence-corrected chi connectivity index (χ0v) is 19.4. The highest BCUT2D eigenvalue weighted by molar-refractivity contribution is 7.95. The Morgan fingerprint density at radius 2 is 0.733 bits per heavy atom. The third-order valence-corrected chi connectivity index (χ3v) is 9.23. The molecule has 0 saturated heterocycles.